The highest BCUT2D eigenvalue weighted by Crippen LogP contribution is 2.20. The smallest absolute Gasteiger partial charge is 0.256 e. The van der Waals surface area contributed by atoms with Gasteiger partial charge in [0.05, 0.1) is 6.20 Å². The van der Waals surface area contributed by atoms with Crippen molar-refractivity contribution in [3.63, 3.8) is 0 Å². The molecule has 0 spiro atoms. The van der Waals surface area contributed by atoms with Crippen molar-refractivity contribution in [2.75, 3.05) is 32.6 Å². The third kappa shape index (κ3) is 5.45. The molecular formula is C21H28N6O2. The van der Waals surface area contributed by atoms with Crippen molar-refractivity contribution in [1.82, 2.24) is 24.8 Å². The van der Waals surface area contributed by atoms with E-state index in [4.69, 9.17) is 4.74 Å². The van der Waals surface area contributed by atoms with Crippen LogP contribution >= 0.6 is 0 Å². The highest BCUT2D eigenvalue weighted by Gasteiger charge is 2.15. The molecule has 2 aromatic heterocycles. The Hall–Kier alpha value is -3.13. The number of hydrogen-bond donors (Lipinski definition) is 2. The molecule has 0 atom stereocenters. The molecule has 1 aromatic carbocycles. The van der Waals surface area contributed by atoms with Gasteiger partial charge in [-0.1, -0.05) is 18.2 Å². The van der Waals surface area contributed by atoms with E-state index in [-0.39, 0.29) is 11.9 Å². The van der Waals surface area contributed by atoms with Crippen molar-refractivity contribution in [2.45, 2.75) is 26.4 Å². The summed E-state index contributed by atoms with van der Waals surface area (Å²) in [6.07, 6.45) is 3.33. The molecule has 3 rings (SSSR count). The first kappa shape index (κ1) is 20.6. The minimum absolute atomic E-state index is 0.0442. The summed E-state index contributed by atoms with van der Waals surface area (Å²) in [6, 6.07) is 9.82. The number of nitrogens with one attached hydrogen (secondary N) is 2. The summed E-state index contributed by atoms with van der Waals surface area (Å²) in [5.74, 6) is 1.34. The van der Waals surface area contributed by atoms with Crippen LogP contribution in [0.3, 0.4) is 0 Å². The van der Waals surface area contributed by atoms with Crippen LogP contribution in [-0.2, 0) is 6.54 Å². The standard InChI is InChI=1S/C21H28N6O2/c1-15(2)24-21(28)17-14-23-27-10-9-19(25-20(17)27)22-13-16-7-5-6-8-18(16)29-12-11-26(3)4/h5-10,14-15H,11-13H2,1-4H3,(H,22,25)(H,24,28). The second kappa shape index (κ2) is 9.38. The lowest BCUT2D eigenvalue weighted by molar-refractivity contribution is 0.0944. The molecule has 154 valence electrons. The number of benzene rings is 1. The second-order valence-electron chi connectivity index (χ2n) is 7.38. The Labute approximate surface area is 170 Å². The Morgan fingerprint density at radius 2 is 2.03 bits per heavy atom. The monoisotopic (exact) mass is 396 g/mol. The summed E-state index contributed by atoms with van der Waals surface area (Å²) in [5, 5.41) is 10.4. The van der Waals surface area contributed by atoms with Crippen molar-refractivity contribution in [1.29, 1.82) is 0 Å². The number of anilines is 1. The van der Waals surface area contributed by atoms with E-state index in [2.05, 4.69) is 25.6 Å². The van der Waals surface area contributed by atoms with Crippen molar-refractivity contribution in [3.05, 3.63) is 53.9 Å². The highest BCUT2D eigenvalue weighted by atomic mass is 16.5. The lowest BCUT2D eigenvalue weighted by Gasteiger charge is -2.14. The number of nitrogens with zero attached hydrogens (tertiary/aromatic N) is 4. The predicted molar refractivity (Wildman–Crippen MR) is 113 cm³/mol. The molecule has 1 amide bonds. The van der Waals surface area contributed by atoms with Crippen LogP contribution in [0.2, 0.25) is 0 Å². The number of likely N-dealkylation sites (N-methyl/N-ethyl adjacent to an activating group) is 1. The number of ether oxygens (including phenoxy) is 1. The second-order valence-corrected chi connectivity index (χ2v) is 7.38. The van der Waals surface area contributed by atoms with Gasteiger partial charge in [-0.3, -0.25) is 4.79 Å². The van der Waals surface area contributed by atoms with Crippen LogP contribution in [-0.4, -0.2) is 58.7 Å². The summed E-state index contributed by atoms with van der Waals surface area (Å²) < 4.78 is 7.51. The van der Waals surface area contributed by atoms with E-state index in [0.29, 0.717) is 30.2 Å². The van der Waals surface area contributed by atoms with E-state index < -0.39 is 0 Å². The van der Waals surface area contributed by atoms with Crippen LogP contribution in [0.1, 0.15) is 29.8 Å². The fraction of sp³-hybridized carbons (Fsp3) is 0.381. The van der Waals surface area contributed by atoms with Crippen LogP contribution in [0.25, 0.3) is 5.65 Å². The minimum Gasteiger partial charge on any atom is -0.492 e. The molecular weight excluding hydrogens is 368 g/mol. The Morgan fingerprint density at radius 3 is 2.79 bits per heavy atom. The summed E-state index contributed by atoms with van der Waals surface area (Å²) in [5.41, 5.74) is 2.01. The molecule has 0 aliphatic heterocycles. The van der Waals surface area contributed by atoms with Gasteiger partial charge in [0.1, 0.15) is 23.7 Å². The van der Waals surface area contributed by atoms with E-state index in [1.54, 1.807) is 10.7 Å². The van der Waals surface area contributed by atoms with Crippen LogP contribution in [0, 0.1) is 0 Å². The van der Waals surface area contributed by atoms with Gasteiger partial charge in [-0.25, -0.2) is 9.50 Å². The largest absolute Gasteiger partial charge is 0.492 e. The molecule has 0 saturated carbocycles. The predicted octanol–water partition coefficient (Wildman–Crippen LogP) is 2.42. The van der Waals surface area contributed by atoms with Gasteiger partial charge >= 0.3 is 0 Å². The molecule has 29 heavy (non-hydrogen) atoms. The molecule has 2 heterocycles. The number of para-hydroxylation sites is 1. The maximum absolute atomic E-state index is 12.4. The van der Waals surface area contributed by atoms with Crippen LogP contribution < -0.4 is 15.4 Å². The van der Waals surface area contributed by atoms with Crippen LogP contribution in [0.4, 0.5) is 5.82 Å². The zero-order valence-corrected chi connectivity index (χ0v) is 17.3. The van der Waals surface area contributed by atoms with Gasteiger partial charge in [0, 0.05) is 30.9 Å². The molecule has 8 heteroatoms. The van der Waals surface area contributed by atoms with Crippen molar-refractivity contribution in [3.8, 4) is 5.75 Å². The highest BCUT2D eigenvalue weighted by molar-refractivity contribution is 5.99. The van der Waals surface area contributed by atoms with Gasteiger partial charge in [0.25, 0.3) is 5.91 Å². The molecule has 0 saturated heterocycles. The summed E-state index contributed by atoms with van der Waals surface area (Å²) in [6.45, 7) is 5.87. The van der Waals surface area contributed by atoms with Crippen LogP contribution in [0.5, 0.6) is 5.75 Å². The Morgan fingerprint density at radius 1 is 1.24 bits per heavy atom. The van der Waals surface area contributed by atoms with E-state index in [1.807, 2.05) is 58.3 Å². The summed E-state index contributed by atoms with van der Waals surface area (Å²) in [4.78, 5) is 19.0. The topological polar surface area (TPSA) is 83.8 Å². The number of fused-ring (bicyclic) bond motifs is 1. The van der Waals surface area contributed by atoms with E-state index in [0.717, 1.165) is 17.9 Å². The average Bonchev–Trinajstić information content (AvgIpc) is 3.10. The fourth-order valence-corrected chi connectivity index (χ4v) is 2.78. The third-order valence-corrected chi connectivity index (χ3v) is 4.26. The number of hydrogen-bond acceptors (Lipinski definition) is 6. The fourth-order valence-electron chi connectivity index (χ4n) is 2.78. The van der Waals surface area contributed by atoms with Crippen molar-refractivity contribution < 1.29 is 9.53 Å². The Kier molecular flexibility index (Phi) is 6.66. The third-order valence-electron chi connectivity index (χ3n) is 4.26. The molecule has 2 N–H and O–H groups in total. The first-order chi connectivity index (χ1) is 13.9. The van der Waals surface area contributed by atoms with E-state index in [9.17, 15) is 4.79 Å². The molecule has 8 nitrogen and oxygen atoms in total. The first-order valence-corrected chi connectivity index (χ1v) is 9.68. The number of aromatic nitrogens is 3. The van der Waals surface area contributed by atoms with Crippen molar-refractivity contribution >= 4 is 17.4 Å². The molecule has 0 bridgehead atoms. The van der Waals surface area contributed by atoms with Crippen molar-refractivity contribution in [2.24, 2.45) is 0 Å². The molecule has 0 fully saturated rings. The number of rotatable bonds is 9. The number of amides is 1. The number of carbonyl (C=O) groups is 1. The maximum atomic E-state index is 12.4. The van der Waals surface area contributed by atoms with Crippen LogP contribution in [0.15, 0.2) is 42.7 Å². The lowest BCUT2D eigenvalue weighted by Crippen LogP contribution is -2.30. The average molecular weight is 396 g/mol. The zero-order chi connectivity index (χ0) is 20.8. The SMILES string of the molecule is CC(C)NC(=O)c1cnn2ccc(NCc3ccccc3OCCN(C)C)nc12. The lowest BCUT2D eigenvalue weighted by atomic mass is 10.2. The van der Waals surface area contributed by atoms with E-state index >= 15 is 0 Å². The zero-order valence-electron chi connectivity index (χ0n) is 17.3. The van der Waals surface area contributed by atoms with Gasteiger partial charge in [-0.2, -0.15) is 5.10 Å². The first-order valence-electron chi connectivity index (χ1n) is 9.68. The molecule has 0 unspecified atom stereocenters. The minimum atomic E-state index is -0.181. The molecule has 0 aliphatic rings. The summed E-state index contributed by atoms with van der Waals surface area (Å²) in [7, 11) is 4.04. The quantitative estimate of drug-likeness (QED) is 0.578. The van der Waals surface area contributed by atoms with Gasteiger partial charge in [-0.05, 0) is 40.1 Å². The summed E-state index contributed by atoms with van der Waals surface area (Å²) >= 11 is 0. The molecule has 0 aliphatic carbocycles. The normalized spacial score (nSPS) is 11.2. The Bertz CT molecular complexity index is 967. The maximum Gasteiger partial charge on any atom is 0.256 e. The molecule has 3 aromatic rings. The van der Waals surface area contributed by atoms with Gasteiger partial charge < -0.3 is 20.3 Å². The number of carbonyl (C=O) groups excluding carboxylic acids is 1. The molecule has 0 radical (unpaired) electrons. The van der Waals surface area contributed by atoms with Gasteiger partial charge in [-0.15, -0.1) is 0 Å². The Balaban J connectivity index is 1.72. The van der Waals surface area contributed by atoms with Gasteiger partial charge in [0.15, 0.2) is 5.65 Å². The van der Waals surface area contributed by atoms with Gasteiger partial charge in [0.2, 0.25) is 0 Å². The van der Waals surface area contributed by atoms with E-state index in [1.165, 1.54) is 6.20 Å².